The molecule has 2 rings (SSSR count). The van der Waals surface area contributed by atoms with E-state index < -0.39 is 0 Å². The zero-order chi connectivity index (χ0) is 13.8. The summed E-state index contributed by atoms with van der Waals surface area (Å²) in [5, 5.41) is 0. The number of benzene rings is 2. The molecule has 2 aromatic rings. The van der Waals surface area contributed by atoms with Crippen molar-refractivity contribution in [1.82, 2.24) is 5.43 Å². The normalized spacial score (nSPS) is 12.4. The van der Waals surface area contributed by atoms with Gasteiger partial charge in [0, 0.05) is 4.47 Å². The highest BCUT2D eigenvalue weighted by atomic mass is 79.9. The van der Waals surface area contributed by atoms with Crippen molar-refractivity contribution in [3.05, 3.63) is 69.4 Å². The summed E-state index contributed by atoms with van der Waals surface area (Å²) in [6, 6.07) is 12.7. The minimum Gasteiger partial charge on any atom is -0.271 e. The Bertz CT molecular complexity index is 572. The van der Waals surface area contributed by atoms with Gasteiger partial charge in [0.1, 0.15) is 5.82 Å². The summed E-state index contributed by atoms with van der Waals surface area (Å²) >= 11 is 3.45. The van der Waals surface area contributed by atoms with E-state index in [0.717, 1.165) is 15.6 Å². The minimum atomic E-state index is -0.199. The third-order valence-corrected chi connectivity index (χ3v) is 3.69. The molecule has 0 aliphatic carbocycles. The highest BCUT2D eigenvalue weighted by molar-refractivity contribution is 9.10. The molecule has 3 N–H and O–H groups in total. The fourth-order valence-corrected chi connectivity index (χ4v) is 2.51. The van der Waals surface area contributed by atoms with Crippen molar-refractivity contribution in [2.45, 2.75) is 19.4 Å². The third kappa shape index (κ3) is 3.41. The molecule has 0 bridgehead atoms. The van der Waals surface area contributed by atoms with Crippen LogP contribution in [0.1, 0.15) is 22.7 Å². The van der Waals surface area contributed by atoms with Gasteiger partial charge in [-0.05, 0) is 48.2 Å². The highest BCUT2D eigenvalue weighted by Gasteiger charge is 2.15. The summed E-state index contributed by atoms with van der Waals surface area (Å²) in [5.74, 6) is 5.44. The van der Waals surface area contributed by atoms with Gasteiger partial charge in [-0.25, -0.2) is 4.39 Å². The highest BCUT2D eigenvalue weighted by Crippen LogP contribution is 2.25. The summed E-state index contributed by atoms with van der Waals surface area (Å²) in [5.41, 5.74) is 5.63. The molecule has 1 atom stereocenters. The quantitative estimate of drug-likeness (QED) is 0.666. The van der Waals surface area contributed by atoms with Crippen LogP contribution in [0.2, 0.25) is 0 Å². The maximum atomic E-state index is 13.7. The zero-order valence-corrected chi connectivity index (χ0v) is 12.2. The molecule has 1 unspecified atom stereocenters. The molecule has 0 spiro atoms. The van der Waals surface area contributed by atoms with Crippen LogP contribution in [-0.2, 0) is 6.42 Å². The largest absolute Gasteiger partial charge is 0.271 e. The lowest BCUT2D eigenvalue weighted by Gasteiger charge is -2.19. The lowest BCUT2D eigenvalue weighted by molar-refractivity contribution is 0.527. The number of hydrogen-bond acceptors (Lipinski definition) is 2. The van der Waals surface area contributed by atoms with E-state index >= 15 is 0 Å². The predicted molar refractivity (Wildman–Crippen MR) is 79.0 cm³/mol. The topological polar surface area (TPSA) is 38.0 Å². The minimum absolute atomic E-state index is 0.116. The van der Waals surface area contributed by atoms with Crippen molar-refractivity contribution in [3.63, 3.8) is 0 Å². The molecular weight excluding hydrogens is 307 g/mol. The molecule has 0 aromatic heterocycles. The summed E-state index contributed by atoms with van der Waals surface area (Å²) in [6.07, 6.45) is 0.514. The Kier molecular flexibility index (Phi) is 4.69. The first-order valence-corrected chi connectivity index (χ1v) is 6.86. The van der Waals surface area contributed by atoms with Gasteiger partial charge in [-0.2, -0.15) is 0 Å². The summed E-state index contributed by atoms with van der Waals surface area (Å²) in [7, 11) is 0. The monoisotopic (exact) mass is 322 g/mol. The molecule has 0 amide bonds. The average molecular weight is 323 g/mol. The van der Waals surface area contributed by atoms with Crippen LogP contribution in [0.25, 0.3) is 0 Å². The number of nitrogens with two attached hydrogens (primary N) is 1. The van der Waals surface area contributed by atoms with Crippen molar-refractivity contribution >= 4 is 15.9 Å². The molecule has 0 saturated heterocycles. The van der Waals surface area contributed by atoms with Crippen molar-refractivity contribution in [2.75, 3.05) is 0 Å². The number of hydrazine groups is 1. The van der Waals surface area contributed by atoms with Crippen molar-refractivity contribution in [2.24, 2.45) is 5.84 Å². The molecule has 0 aliphatic heterocycles. The maximum Gasteiger partial charge on any atom is 0.126 e. The van der Waals surface area contributed by atoms with Gasteiger partial charge < -0.3 is 0 Å². The maximum absolute atomic E-state index is 13.7. The van der Waals surface area contributed by atoms with Gasteiger partial charge in [-0.1, -0.05) is 40.2 Å². The second kappa shape index (κ2) is 6.28. The molecule has 0 saturated carbocycles. The van der Waals surface area contributed by atoms with Crippen LogP contribution in [0, 0.1) is 12.7 Å². The Morgan fingerprint density at radius 3 is 2.68 bits per heavy atom. The van der Waals surface area contributed by atoms with Gasteiger partial charge in [-0.3, -0.25) is 11.3 Å². The number of halogens is 2. The Labute approximate surface area is 120 Å². The molecule has 0 fully saturated rings. The van der Waals surface area contributed by atoms with Gasteiger partial charge in [-0.15, -0.1) is 0 Å². The standard InChI is InChI=1S/C15H16BrFN2/c1-10-6-7-12(16)9-13(10)15(19-18)8-11-4-2-3-5-14(11)17/h2-7,9,15,19H,8,18H2,1H3. The molecule has 100 valence electrons. The smallest absolute Gasteiger partial charge is 0.126 e. The zero-order valence-electron chi connectivity index (χ0n) is 10.7. The number of hydrogen-bond donors (Lipinski definition) is 2. The molecule has 0 radical (unpaired) electrons. The van der Waals surface area contributed by atoms with Crippen molar-refractivity contribution in [1.29, 1.82) is 0 Å². The SMILES string of the molecule is Cc1ccc(Br)cc1C(Cc1ccccc1F)NN. The van der Waals surface area contributed by atoms with E-state index in [0.29, 0.717) is 12.0 Å². The molecule has 4 heteroatoms. The molecule has 0 aliphatic rings. The lowest BCUT2D eigenvalue weighted by Crippen LogP contribution is -2.30. The first kappa shape index (κ1) is 14.2. The Hall–Kier alpha value is -1.23. The van der Waals surface area contributed by atoms with Crippen LogP contribution in [0.4, 0.5) is 4.39 Å². The number of aryl methyl sites for hydroxylation is 1. The van der Waals surface area contributed by atoms with Crippen LogP contribution in [0.5, 0.6) is 0 Å². The van der Waals surface area contributed by atoms with E-state index in [1.54, 1.807) is 12.1 Å². The summed E-state index contributed by atoms with van der Waals surface area (Å²) in [4.78, 5) is 0. The van der Waals surface area contributed by atoms with E-state index in [2.05, 4.69) is 21.4 Å². The second-order valence-electron chi connectivity index (χ2n) is 4.52. The molecule has 2 nitrogen and oxygen atoms in total. The van der Waals surface area contributed by atoms with E-state index in [-0.39, 0.29) is 11.9 Å². The Morgan fingerprint density at radius 1 is 1.26 bits per heavy atom. The number of rotatable bonds is 4. The average Bonchev–Trinajstić information content (AvgIpc) is 2.41. The van der Waals surface area contributed by atoms with Crippen LogP contribution < -0.4 is 11.3 Å². The van der Waals surface area contributed by atoms with E-state index in [4.69, 9.17) is 5.84 Å². The van der Waals surface area contributed by atoms with Crippen LogP contribution in [-0.4, -0.2) is 0 Å². The van der Waals surface area contributed by atoms with Crippen LogP contribution in [0.15, 0.2) is 46.9 Å². The third-order valence-electron chi connectivity index (χ3n) is 3.20. The Balaban J connectivity index is 2.30. The van der Waals surface area contributed by atoms with Crippen molar-refractivity contribution in [3.8, 4) is 0 Å². The molecular formula is C15H16BrFN2. The van der Waals surface area contributed by atoms with Gasteiger partial charge in [0.2, 0.25) is 0 Å². The van der Waals surface area contributed by atoms with Gasteiger partial charge in [0.25, 0.3) is 0 Å². The van der Waals surface area contributed by atoms with E-state index in [9.17, 15) is 4.39 Å². The molecule has 19 heavy (non-hydrogen) atoms. The number of nitrogens with one attached hydrogen (secondary N) is 1. The van der Waals surface area contributed by atoms with E-state index in [1.165, 1.54) is 6.07 Å². The van der Waals surface area contributed by atoms with E-state index in [1.807, 2.05) is 31.2 Å². The molecule has 2 aromatic carbocycles. The Morgan fingerprint density at radius 2 is 2.00 bits per heavy atom. The lowest BCUT2D eigenvalue weighted by atomic mass is 9.96. The molecule has 0 heterocycles. The van der Waals surface area contributed by atoms with Gasteiger partial charge in [0.15, 0.2) is 0 Å². The summed E-state index contributed by atoms with van der Waals surface area (Å²) < 4.78 is 14.7. The first-order valence-electron chi connectivity index (χ1n) is 6.07. The van der Waals surface area contributed by atoms with Gasteiger partial charge >= 0.3 is 0 Å². The first-order chi connectivity index (χ1) is 9.11. The fraction of sp³-hybridized carbons (Fsp3) is 0.200. The van der Waals surface area contributed by atoms with Gasteiger partial charge in [0.05, 0.1) is 6.04 Å². The predicted octanol–water partition coefficient (Wildman–Crippen LogP) is 3.64. The van der Waals surface area contributed by atoms with Crippen LogP contribution in [0.3, 0.4) is 0 Å². The van der Waals surface area contributed by atoms with Crippen LogP contribution >= 0.6 is 15.9 Å². The fourth-order valence-electron chi connectivity index (χ4n) is 2.13. The van der Waals surface area contributed by atoms with Crippen molar-refractivity contribution < 1.29 is 4.39 Å². The second-order valence-corrected chi connectivity index (χ2v) is 5.43. The summed E-state index contributed by atoms with van der Waals surface area (Å²) in [6.45, 7) is 2.02.